The minimum atomic E-state index is 0.431. The molecule has 94 valence electrons. The second kappa shape index (κ2) is 6.55. The van der Waals surface area contributed by atoms with Crippen molar-refractivity contribution >= 4 is 23.0 Å². The van der Waals surface area contributed by atoms with Gasteiger partial charge in [-0.15, -0.1) is 0 Å². The van der Waals surface area contributed by atoms with E-state index >= 15 is 0 Å². The first-order valence-electron chi connectivity index (χ1n) is 6.12. The summed E-state index contributed by atoms with van der Waals surface area (Å²) in [5.74, 6) is 0.924. The van der Waals surface area contributed by atoms with Gasteiger partial charge in [-0.1, -0.05) is 25.6 Å². The second-order valence-corrected chi connectivity index (χ2v) is 4.56. The van der Waals surface area contributed by atoms with E-state index in [4.69, 9.17) is 18.0 Å². The van der Waals surface area contributed by atoms with Gasteiger partial charge in [-0.3, -0.25) is 0 Å². The van der Waals surface area contributed by atoms with E-state index < -0.39 is 0 Å². The highest BCUT2D eigenvalue weighted by atomic mass is 32.1. The standard InChI is InChI=1S/C13H21N3S/c1-4-6-9-16(5-2)13-11(12(14)17)10(3)7-8-15-13/h7-8H,4-6,9H2,1-3H3,(H2,14,17). The second-order valence-electron chi connectivity index (χ2n) is 4.12. The Morgan fingerprint density at radius 1 is 1.47 bits per heavy atom. The van der Waals surface area contributed by atoms with Crippen LogP contribution in [0.5, 0.6) is 0 Å². The Morgan fingerprint density at radius 2 is 2.18 bits per heavy atom. The van der Waals surface area contributed by atoms with Crippen molar-refractivity contribution in [2.75, 3.05) is 18.0 Å². The number of pyridine rings is 1. The van der Waals surface area contributed by atoms with Crippen molar-refractivity contribution in [2.24, 2.45) is 5.73 Å². The van der Waals surface area contributed by atoms with Crippen molar-refractivity contribution < 1.29 is 0 Å². The van der Waals surface area contributed by atoms with Crippen molar-refractivity contribution in [3.8, 4) is 0 Å². The lowest BCUT2D eigenvalue weighted by Crippen LogP contribution is -2.28. The minimum absolute atomic E-state index is 0.431. The maximum atomic E-state index is 5.80. The predicted octanol–water partition coefficient (Wildman–Crippen LogP) is 2.65. The molecule has 3 nitrogen and oxygen atoms in total. The summed E-state index contributed by atoms with van der Waals surface area (Å²) >= 11 is 5.13. The van der Waals surface area contributed by atoms with Gasteiger partial charge in [0.1, 0.15) is 10.8 Å². The lowest BCUT2D eigenvalue weighted by Gasteiger charge is -2.24. The van der Waals surface area contributed by atoms with E-state index in [2.05, 4.69) is 23.7 Å². The first kappa shape index (κ1) is 13.9. The summed E-state index contributed by atoms with van der Waals surface area (Å²) in [4.78, 5) is 7.12. The average molecular weight is 251 g/mol. The maximum absolute atomic E-state index is 5.80. The Kier molecular flexibility index (Phi) is 5.35. The van der Waals surface area contributed by atoms with E-state index in [1.54, 1.807) is 0 Å². The third kappa shape index (κ3) is 3.40. The summed E-state index contributed by atoms with van der Waals surface area (Å²) in [7, 11) is 0. The molecule has 0 unspecified atom stereocenters. The van der Waals surface area contributed by atoms with Gasteiger partial charge in [-0.25, -0.2) is 4.98 Å². The zero-order chi connectivity index (χ0) is 12.8. The Balaban J connectivity index is 3.09. The molecule has 0 radical (unpaired) electrons. The van der Waals surface area contributed by atoms with E-state index in [9.17, 15) is 0 Å². The van der Waals surface area contributed by atoms with Crippen molar-refractivity contribution in [1.29, 1.82) is 0 Å². The molecular weight excluding hydrogens is 230 g/mol. The Morgan fingerprint density at radius 3 is 2.71 bits per heavy atom. The lowest BCUT2D eigenvalue weighted by atomic mass is 10.1. The molecule has 1 heterocycles. The molecular formula is C13H21N3S. The summed E-state index contributed by atoms with van der Waals surface area (Å²) in [5.41, 5.74) is 7.81. The number of hydrogen-bond donors (Lipinski definition) is 1. The summed E-state index contributed by atoms with van der Waals surface area (Å²) in [6.07, 6.45) is 4.14. The minimum Gasteiger partial charge on any atom is -0.389 e. The van der Waals surface area contributed by atoms with Gasteiger partial charge in [-0.2, -0.15) is 0 Å². The quantitative estimate of drug-likeness (QED) is 0.789. The molecule has 0 saturated heterocycles. The summed E-state index contributed by atoms with van der Waals surface area (Å²) < 4.78 is 0. The van der Waals surface area contributed by atoms with Crippen LogP contribution in [0.1, 0.15) is 37.8 Å². The molecule has 4 heteroatoms. The lowest BCUT2D eigenvalue weighted by molar-refractivity contribution is 0.723. The highest BCUT2D eigenvalue weighted by Gasteiger charge is 2.14. The van der Waals surface area contributed by atoms with E-state index in [1.807, 2.05) is 19.2 Å². The number of unbranched alkanes of at least 4 members (excludes halogenated alkanes) is 1. The molecule has 0 aliphatic carbocycles. The number of rotatable bonds is 6. The number of nitrogens with zero attached hydrogens (tertiary/aromatic N) is 2. The molecule has 1 aromatic rings. The number of nitrogens with two attached hydrogens (primary N) is 1. The fourth-order valence-corrected chi connectivity index (χ4v) is 2.10. The topological polar surface area (TPSA) is 42.2 Å². The van der Waals surface area contributed by atoms with Crippen LogP contribution in [0, 0.1) is 6.92 Å². The monoisotopic (exact) mass is 251 g/mol. The van der Waals surface area contributed by atoms with Gasteiger partial charge in [0.05, 0.1) is 5.56 Å². The normalized spacial score (nSPS) is 10.3. The fraction of sp³-hybridized carbons (Fsp3) is 0.538. The van der Waals surface area contributed by atoms with Gasteiger partial charge in [0.25, 0.3) is 0 Å². The van der Waals surface area contributed by atoms with Gasteiger partial charge >= 0.3 is 0 Å². The van der Waals surface area contributed by atoms with Gasteiger partial charge in [0.2, 0.25) is 0 Å². The van der Waals surface area contributed by atoms with E-state index in [0.29, 0.717) is 4.99 Å². The largest absolute Gasteiger partial charge is 0.389 e. The first-order chi connectivity index (χ1) is 8.11. The van der Waals surface area contributed by atoms with Crippen molar-refractivity contribution in [3.05, 3.63) is 23.4 Å². The van der Waals surface area contributed by atoms with Crippen LogP contribution in [0.3, 0.4) is 0 Å². The van der Waals surface area contributed by atoms with Crippen molar-refractivity contribution in [1.82, 2.24) is 4.98 Å². The zero-order valence-electron chi connectivity index (χ0n) is 10.9. The van der Waals surface area contributed by atoms with Gasteiger partial charge in [-0.05, 0) is 31.9 Å². The van der Waals surface area contributed by atoms with Crippen molar-refractivity contribution in [2.45, 2.75) is 33.6 Å². The van der Waals surface area contributed by atoms with Crippen LogP contribution in [-0.4, -0.2) is 23.1 Å². The average Bonchev–Trinajstić information content (AvgIpc) is 2.29. The third-order valence-corrected chi connectivity index (χ3v) is 3.05. The highest BCUT2D eigenvalue weighted by molar-refractivity contribution is 7.80. The first-order valence-corrected chi connectivity index (χ1v) is 6.53. The predicted molar refractivity (Wildman–Crippen MR) is 77.7 cm³/mol. The number of aromatic nitrogens is 1. The SMILES string of the molecule is CCCCN(CC)c1nccc(C)c1C(N)=S. The van der Waals surface area contributed by atoms with Crippen LogP contribution in [0.15, 0.2) is 12.3 Å². The van der Waals surface area contributed by atoms with Crippen molar-refractivity contribution in [3.63, 3.8) is 0 Å². The molecule has 2 N–H and O–H groups in total. The molecule has 0 atom stereocenters. The molecule has 0 spiro atoms. The molecule has 1 aromatic heterocycles. The van der Waals surface area contributed by atoms with E-state index in [-0.39, 0.29) is 0 Å². The third-order valence-electron chi connectivity index (χ3n) is 2.85. The Hall–Kier alpha value is -1.16. The molecule has 0 aromatic carbocycles. The fourth-order valence-electron chi connectivity index (χ4n) is 1.85. The molecule has 17 heavy (non-hydrogen) atoms. The number of thiocarbonyl (C=S) groups is 1. The Bertz CT molecular complexity index is 390. The van der Waals surface area contributed by atoms with E-state index in [1.165, 1.54) is 6.42 Å². The maximum Gasteiger partial charge on any atom is 0.139 e. The molecule has 0 fully saturated rings. The van der Waals surface area contributed by atoms with Gasteiger partial charge in [0.15, 0.2) is 0 Å². The molecule has 0 aliphatic heterocycles. The van der Waals surface area contributed by atoms with Crippen LogP contribution in [-0.2, 0) is 0 Å². The number of aryl methyl sites for hydroxylation is 1. The number of anilines is 1. The van der Waals surface area contributed by atoms with E-state index in [0.717, 1.165) is 36.5 Å². The molecule has 0 bridgehead atoms. The smallest absolute Gasteiger partial charge is 0.139 e. The summed E-state index contributed by atoms with van der Waals surface area (Å²) in [6.45, 7) is 8.26. The molecule has 0 saturated carbocycles. The highest BCUT2D eigenvalue weighted by Crippen LogP contribution is 2.21. The van der Waals surface area contributed by atoms with Crippen LogP contribution in [0.2, 0.25) is 0 Å². The van der Waals surface area contributed by atoms with Crippen LogP contribution in [0.4, 0.5) is 5.82 Å². The zero-order valence-corrected chi connectivity index (χ0v) is 11.7. The van der Waals surface area contributed by atoms with Crippen LogP contribution in [0.25, 0.3) is 0 Å². The van der Waals surface area contributed by atoms with Crippen LogP contribution >= 0.6 is 12.2 Å². The van der Waals surface area contributed by atoms with Crippen LogP contribution < -0.4 is 10.6 Å². The summed E-state index contributed by atoms with van der Waals surface area (Å²) in [6, 6.07) is 1.95. The number of hydrogen-bond acceptors (Lipinski definition) is 3. The molecule has 0 amide bonds. The Labute approximate surface area is 109 Å². The van der Waals surface area contributed by atoms with Gasteiger partial charge in [0, 0.05) is 19.3 Å². The molecule has 0 aliphatic rings. The molecule has 1 rings (SSSR count). The van der Waals surface area contributed by atoms with Gasteiger partial charge < -0.3 is 10.6 Å². The summed E-state index contributed by atoms with van der Waals surface area (Å²) in [5, 5.41) is 0.